The van der Waals surface area contributed by atoms with Crippen LogP contribution in [0.1, 0.15) is 32.9 Å². The van der Waals surface area contributed by atoms with E-state index in [9.17, 15) is 9.90 Å². The molecular formula is C20H21N3O2. The molecule has 2 aromatic carbocycles. The van der Waals surface area contributed by atoms with Crippen molar-refractivity contribution >= 4 is 11.6 Å². The molecule has 2 N–H and O–H groups in total. The largest absolute Gasteiger partial charge is 0.507 e. The van der Waals surface area contributed by atoms with E-state index in [0.717, 1.165) is 17.0 Å². The van der Waals surface area contributed by atoms with Crippen LogP contribution in [0.5, 0.6) is 5.75 Å². The number of hydrogen-bond acceptors (Lipinski definition) is 3. The molecule has 1 heterocycles. The SMILES string of the molecule is Cc1cc(C)n(Cc2cccc(NC(=O)c3cccc(C)c3O)c2)n1. The van der Waals surface area contributed by atoms with Gasteiger partial charge in [-0.3, -0.25) is 9.48 Å². The van der Waals surface area contributed by atoms with Gasteiger partial charge in [-0.15, -0.1) is 0 Å². The van der Waals surface area contributed by atoms with Gasteiger partial charge in [-0.1, -0.05) is 24.3 Å². The second kappa shape index (κ2) is 6.81. The molecule has 3 aromatic rings. The van der Waals surface area contributed by atoms with Gasteiger partial charge >= 0.3 is 0 Å². The maximum absolute atomic E-state index is 12.4. The lowest BCUT2D eigenvalue weighted by atomic mass is 10.1. The predicted octanol–water partition coefficient (Wildman–Crippen LogP) is 3.81. The van der Waals surface area contributed by atoms with Crippen molar-refractivity contribution in [3.05, 3.63) is 76.6 Å². The number of carbonyl (C=O) groups excluding carboxylic acids is 1. The minimum absolute atomic E-state index is 0.0128. The minimum Gasteiger partial charge on any atom is -0.507 e. The monoisotopic (exact) mass is 335 g/mol. The molecular weight excluding hydrogens is 314 g/mol. The maximum atomic E-state index is 12.4. The van der Waals surface area contributed by atoms with Gasteiger partial charge in [-0.25, -0.2) is 0 Å². The Morgan fingerprint density at radius 2 is 1.88 bits per heavy atom. The van der Waals surface area contributed by atoms with E-state index in [1.54, 1.807) is 25.1 Å². The first kappa shape index (κ1) is 16.8. The third kappa shape index (κ3) is 3.71. The smallest absolute Gasteiger partial charge is 0.259 e. The molecule has 0 saturated heterocycles. The normalized spacial score (nSPS) is 10.7. The van der Waals surface area contributed by atoms with Crippen LogP contribution in [-0.4, -0.2) is 20.8 Å². The number of para-hydroxylation sites is 1. The zero-order valence-corrected chi connectivity index (χ0v) is 14.6. The number of aryl methyl sites for hydroxylation is 3. The van der Waals surface area contributed by atoms with Crippen LogP contribution in [0, 0.1) is 20.8 Å². The number of nitrogens with one attached hydrogen (secondary N) is 1. The Bertz CT molecular complexity index is 928. The number of phenols is 1. The fourth-order valence-corrected chi connectivity index (χ4v) is 2.80. The van der Waals surface area contributed by atoms with E-state index in [2.05, 4.69) is 10.4 Å². The second-order valence-corrected chi connectivity index (χ2v) is 6.21. The number of amides is 1. The van der Waals surface area contributed by atoms with E-state index >= 15 is 0 Å². The van der Waals surface area contributed by atoms with Crippen molar-refractivity contribution in [2.75, 3.05) is 5.32 Å². The van der Waals surface area contributed by atoms with Crippen molar-refractivity contribution in [3.63, 3.8) is 0 Å². The fraction of sp³-hybridized carbons (Fsp3) is 0.200. The molecule has 0 aliphatic heterocycles. The number of benzene rings is 2. The first-order chi connectivity index (χ1) is 11.9. The van der Waals surface area contributed by atoms with Gasteiger partial charge in [0.15, 0.2) is 0 Å². The Balaban J connectivity index is 1.78. The summed E-state index contributed by atoms with van der Waals surface area (Å²) in [7, 11) is 0. The maximum Gasteiger partial charge on any atom is 0.259 e. The van der Waals surface area contributed by atoms with Crippen LogP contribution in [-0.2, 0) is 6.54 Å². The second-order valence-electron chi connectivity index (χ2n) is 6.21. The molecule has 0 aliphatic carbocycles. The molecule has 0 saturated carbocycles. The highest BCUT2D eigenvalue weighted by molar-refractivity contribution is 6.06. The Hall–Kier alpha value is -3.08. The Morgan fingerprint density at radius 1 is 1.12 bits per heavy atom. The number of aromatic hydroxyl groups is 1. The molecule has 0 bridgehead atoms. The quantitative estimate of drug-likeness (QED) is 0.762. The van der Waals surface area contributed by atoms with Crippen LogP contribution in [0.15, 0.2) is 48.5 Å². The summed E-state index contributed by atoms with van der Waals surface area (Å²) in [6, 6.07) is 14.8. The number of anilines is 1. The summed E-state index contributed by atoms with van der Waals surface area (Å²) < 4.78 is 1.93. The highest BCUT2D eigenvalue weighted by Crippen LogP contribution is 2.23. The number of rotatable bonds is 4. The van der Waals surface area contributed by atoms with Gasteiger partial charge in [0.05, 0.1) is 17.8 Å². The Morgan fingerprint density at radius 3 is 2.60 bits per heavy atom. The van der Waals surface area contributed by atoms with Crippen LogP contribution < -0.4 is 5.32 Å². The highest BCUT2D eigenvalue weighted by atomic mass is 16.3. The summed E-state index contributed by atoms with van der Waals surface area (Å²) in [5.41, 5.74) is 4.74. The van der Waals surface area contributed by atoms with Crippen molar-refractivity contribution in [1.29, 1.82) is 0 Å². The zero-order valence-electron chi connectivity index (χ0n) is 14.6. The molecule has 5 nitrogen and oxygen atoms in total. The summed E-state index contributed by atoms with van der Waals surface area (Å²) in [6.45, 7) is 6.39. The van der Waals surface area contributed by atoms with Crippen molar-refractivity contribution in [1.82, 2.24) is 9.78 Å². The van der Waals surface area contributed by atoms with Gasteiger partial charge in [-0.2, -0.15) is 5.10 Å². The molecule has 1 amide bonds. The van der Waals surface area contributed by atoms with Crippen molar-refractivity contribution in [2.45, 2.75) is 27.3 Å². The van der Waals surface area contributed by atoms with Gasteiger partial charge in [-0.05, 0) is 56.2 Å². The van der Waals surface area contributed by atoms with Crippen LogP contribution in [0.25, 0.3) is 0 Å². The van der Waals surface area contributed by atoms with Crippen LogP contribution in [0.4, 0.5) is 5.69 Å². The van der Waals surface area contributed by atoms with Gasteiger partial charge in [0.2, 0.25) is 0 Å². The van der Waals surface area contributed by atoms with E-state index in [0.29, 0.717) is 17.8 Å². The average Bonchev–Trinajstić information content (AvgIpc) is 2.87. The Labute approximate surface area is 146 Å². The van der Waals surface area contributed by atoms with Crippen molar-refractivity contribution < 1.29 is 9.90 Å². The predicted molar refractivity (Wildman–Crippen MR) is 98.0 cm³/mol. The summed E-state index contributed by atoms with van der Waals surface area (Å²) in [5.74, 6) is -0.316. The third-order valence-electron chi connectivity index (χ3n) is 4.10. The minimum atomic E-state index is -0.329. The van der Waals surface area contributed by atoms with Gasteiger partial charge in [0, 0.05) is 11.4 Å². The lowest BCUT2D eigenvalue weighted by molar-refractivity contribution is 0.102. The molecule has 0 fully saturated rings. The molecule has 25 heavy (non-hydrogen) atoms. The van der Waals surface area contributed by atoms with Gasteiger partial charge in [0.25, 0.3) is 5.91 Å². The molecule has 128 valence electrons. The summed E-state index contributed by atoms with van der Waals surface area (Å²) in [5, 5.41) is 17.4. The van der Waals surface area contributed by atoms with E-state index in [-0.39, 0.29) is 17.2 Å². The van der Waals surface area contributed by atoms with Crippen LogP contribution in [0.2, 0.25) is 0 Å². The molecule has 3 rings (SSSR count). The Kier molecular flexibility index (Phi) is 4.57. The first-order valence-corrected chi connectivity index (χ1v) is 8.14. The number of aromatic nitrogens is 2. The summed E-state index contributed by atoms with van der Waals surface area (Å²) in [6.07, 6.45) is 0. The van der Waals surface area contributed by atoms with Crippen LogP contribution in [0.3, 0.4) is 0 Å². The standard InChI is InChI=1S/C20H21N3O2/c1-13-6-4-9-18(19(13)24)20(25)21-17-8-5-7-16(11-17)12-23-15(3)10-14(2)22-23/h4-11,24H,12H2,1-3H3,(H,21,25). The number of carbonyl (C=O) groups is 1. The average molecular weight is 335 g/mol. The number of nitrogens with zero attached hydrogens (tertiary/aromatic N) is 2. The topological polar surface area (TPSA) is 67.2 Å². The number of phenolic OH excluding ortho intramolecular Hbond substituents is 1. The highest BCUT2D eigenvalue weighted by Gasteiger charge is 2.13. The lowest BCUT2D eigenvalue weighted by Gasteiger charge is -2.10. The fourth-order valence-electron chi connectivity index (χ4n) is 2.80. The molecule has 0 radical (unpaired) electrons. The zero-order chi connectivity index (χ0) is 18.0. The molecule has 5 heteroatoms. The summed E-state index contributed by atoms with van der Waals surface area (Å²) in [4.78, 5) is 12.4. The first-order valence-electron chi connectivity index (χ1n) is 8.14. The molecule has 0 unspecified atom stereocenters. The van der Waals surface area contributed by atoms with E-state index in [1.807, 2.05) is 48.9 Å². The van der Waals surface area contributed by atoms with E-state index in [1.165, 1.54) is 0 Å². The number of hydrogen-bond donors (Lipinski definition) is 2. The van der Waals surface area contributed by atoms with Crippen molar-refractivity contribution in [3.8, 4) is 5.75 Å². The lowest BCUT2D eigenvalue weighted by Crippen LogP contribution is -2.13. The summed E-state index contributed by atoms with van der Waals surface area (Å²) >= 11 is 0. The molecule has 0 aliphatic rings. The van der Waals surface area contributed by atoms with E-state index in [4.69, 9.17) is 0 Å². The third-order valence-corrected chi connectivity index (χ3v) is 4.10. The molecule has 0 spiro atoms. The molecule has 0 atom stereocenters. The van der Waals surface area contributed by atoms with Gasteiger partial charge in [0.1, 0.15) is 5.75 Å². The molecule has 1 aromatic heterocycles. The van der Waals surface area contributed by atoms with Crippen LogP contribution >= 0.6 is 0 Å². The van der Waals surface area contributed by atoms with Crippen molar-refractivity contribution in [2.24, 2.45) is 0 Å². The van der Waals surface area contributed by atoms with E-state index < -0.39 is 0 Å². The van der Waals surface area contributed by atoms with Gasteiger partial charge < -0.3 is 10.4 Å².